The molecular formula is C30H53N3O6. The molecule has 0 aliphatic rings. The second-order valence-corrected chi connectivity index (χ2v) is 11.9. The van der Waals surface area contributed by atoms with Crippen LogP contribution in [0.1, 0.15) is 66.4 Å². The van der Waals surface area contributed by atoms with Gasteiger partial charge >= 0.3 is 0 Å². The van der Waals surface area contributed by atoms with Gasteiger partial charge in [-0.2, -0.15) is 0 Å². The summed E-state index contributed by atoms with van der Waals surface area (Å²) in [5.41, 5.74) is 12.2. The third-order valence-corrected chi connectivity index (χ3v) is 7.50. The van der Waals surface area contributed by atoms with Crippen molar-refractivity contribution in [2.75, 3.05) is 34.0 Å². The van der Waals surface area contributed by atoms with Gasteiger partial charge in [-0.15, -0.1) is 0 Å². The van der Waals surface area contributed by atoms with Crippen molar-refractivity contribution < 1.29 is 28.9 Å². The number of hydrogen-bond acceptors (Lipinski definition) is 7. The molecule has 0 fully saturated rings. The molecule has 1 aromatic carbocycles. The Balaban J connectivity index is 2.87. The first-order valence-corrected chi connectivity index (χ1v) is 14.0. The van der Waals surface area contributed by atoms with Crippen molar-refractivity contribution in [1.29, 1.82) is 0 Å². The average Bonchev–Trinajstić information content (AvgIpc) is 2.87. The Morgan fingerprint density at radius 1 is 1.03 bits per heavy atom. The Morgan fingerprint density at radius 2 is 1.69 bits per heavy atom. The van der Waals surface area contributed by atoms with Crippen molar-refractivity contribution >= 4 is 11.8 Å². The number of carbonyl (C=O) groups is 2. The maximum Gasteiger partial charge on any atom is 0.224 e. The van der Waals surface area contributed by atoms with E-state index in [0.717, 1.165) is 18.4 Å². The fourth-order valence-corrected chi connectivity index (χ4v) is 4.39. The summed E-state index contributed by atoms with van der Waals surface area (Å²) in [5, 5.41) is 13.9. The molecule has 0 radical (unpaired) electrons. The number of rotatable bonds is 19. The molecule has 224 valence electrons. The summed E-state index contributed by atoms with van der Waals surface area (Å²) in [5.74, 6) is 0.792. The van der Waals surface area contributed by atoms with Crippen LogP contribution in [-0.4, -0.2) is 63.0 Å². The van der Waals surface area contributed by atoms with E-state index in [-0.39, 0.29) is 30.7 Å². The number of carbonyl (C=O) groups excluding carboxylic acids is 2. The summed E-state index contributed by atoms with van der Waals surface area (Å²) in [4.78, 5) is 24.5. The number of hydrogen-bond donors (Lipinski definition) is 4. The van der Waals surface area contributed by atoms with Crippen LogP contribution in [0, 0.1) is 29.1 Å². The molecule has 0 bridgehead atoms. The molecule has 39 heavy (non-hydrogen) atoms. The minimum absolute atomic E-state index is 0.00829. The van der Waals surface area contributed by atoms with Crippen molar-refractivity contribution in [3.8, 4) is 11.5 Å². The highest BCUT2D eigenvalue weighted by Crippen LogP contribution is 2.32. The van der Waals surface area contributed by atoms with Gasteiger partial charge in [-0.3, -0.25) is 9.59 Å². The zero-order valence-corrected chi connectivity index (χ0v) is 25.3. The van der Waals surface area contributed by atoms with Gasteiger partial charge in [-0.05, 0) is 68.6 Å². The number of benzene rings is 1. The number of nitrogens with one attached hydrogen (secondary N) is 1. The fraction of sp³-hybridized carbons (Fsp3) is 0.733. The van der Waals surface area contributed by atoms with Crippen molar-refractivity contribution in [1.82, 2.24) is 5.32 Å². The van der Waals surface area contributed by atoms with Gasteiger partial charge in [0, 0.05) is 38.6 Å². The second kappa shape index (κ2) is 16.7. The number of aliphatic hydroxyl groups is 1. The maximum absolute atomic E-state index is 12.9. The lowest BCUT2D eigenvalue weighted by atomic mass is 9.80. The summed E-state index contributed by atoms with van der Waals surface area (Å²) in [6.07, 6.45) is 1.56. The third-order valence-electron chi connectivity index (χ3n) is 7.50. The highest BCUT2D eigenvalue weighted by molar-refractivity contribution is 5.83. The lowest BCUT2D eigenvalue weighted by Gasteiger charge is -2.30. The van der Waals surface area contributed by atoms with Gasteiger partial charge in [-0.25, -0.2) is 0 Å². The highest BCUT2D eigenvalue weighted by atomic mass is 16.5. The SMILES string of the molecule is COCCCOc1cc(C[C@@H](C[C@@H](N)[C@@H](O)C[C@H](C(=O)NCC(C)(C)C(N)=O)C(C)C)C(C)C)ccc1OC. The first kappa shape index (κ1) is 34.7. The Labute approximate surface area is 235 Å². The minimum atomic E-state index is -0.854. The normalized spacial score (nSPS) is 15.1. The molecule has 4 atom stereocenters. The molecule has 9 heteroatoms. The van der Waals surface area contributed by atoms with E-state index in [0.29, 0.717) is 37.1 Å². The van der Waals surface area contributed by atoms with Crippen LogP contribution in [0.4, 0.5) is 0 Å². The Bertz CT molecular complexity index is 889. The standard InChI is InChI=1S/C30H53N3O6/c1-19(2)22(14-21-10-11-26(38-8)27(15-21)39-13-9-12-37-7)16-24(31)25(34)17-23(20(3)4)28(35)33-18-30(5,6)29(32)36/h10-11,15,19-20,22-25,34H,9,12-14,16-18,31H2,1-8H3,(H2,32,36)(H,33,35)/t22-,23-,24+,25-/m0/s1. The number of ether oxygens (including phenoxy) is 3. The first-order valence-electron chi connectivity index (χ1n) is 14.0. The number of methoxy groups -OCH3 is 2. The predicted molar refractivity (Wildman–Crippen MR) is 155 cm³/mol. The molecule has 0 heterocycles. The van der Waals surface area contributed by atoms with Gasteiger partial charge in [0.25, 0.3) is 0 Å². The van der Waals surface area contributed by atoms with E-state index in [1.54, 1.807) is 28.1 Å². The molecule has 0 aliphatic heterocycles. The van der Waals surface area contributed by atoms with Crippen molar-refractivity contribution in [2.45, 2.75) is 79.4 Å². The molecular weight excluding hydrogens is 498 g/mol. The molecule has 0 saturated carbocycles. The second-order valence-electron chi connectivity index (χ2n) is 11.9. The van der Waals surface area contributed by atoms with E-state index >= 15 is 0 Å². The van der Waals surface area contributed by atoms with Crippen LogP contribution in [0.2, 0.25) is 0 Å². The van der Waals surface area contributed by atoms with E-state index in [9.17, 15) is 14.7 Å². The van der Waals surface area contributed by atoms with E-state index in [4.69, 9.17) is 25.7 Å². The van der Waals surface area contributed by atoms with Crippen LogP contribution in [0.3, 0.4) is 0 Å². The number of aliphatic hydroxyl groups excluding tert-OH is 1. The van der Waals surface area contributed by atoms with Crippen LogP contribution in [0.5, 0.6) is 11.5 Å². The number of amides is 2. The smallest absolute Gasteiger partial charge is 0.224 e. The summed E-state index contributed by atoms with van der Waals surface area (Å²) in [7, 11) is 3.29. The lowest BCUT2D eigenvalue weighted by Crippen LogP contribution is -2.46. The zero-order chi connectivity index (χ0) is 29.8. The van der Waals surface area contributed by atoms with E-state index in [1.807, 2.05) is 32.0 Å². The first-order chi connectivity index (χ1) is 18.2. The summed E-state index contributed by atoms with van der Waals surface area (Å²) >= 11 is 0. The van der Waals surface area contributed by atoms with Crippen molar-refractivity contribution in [3.05, 3.63) is 23.8 Å². The van der Waals surface area contributed by atoms with Gasteiger partial charge in [0.05, 0.1) is 25.2 Å². The molecule has 0 spiro atoms. The molecule has 0 unspecified atom stereocenters. The predicted octanol–water partition coefficient (Wildman–Crippen LogP) is 3.29. The molecule has 9 nitrogen and oxygen atoms in total. The average molecular weight is 552 g/mol. The zero-order valence-electron chi connectivity index (χ0n) is 25.3. The van der Waals surface area contributed by atoms with Crippen LogP contribution in [0.15, 0.2) is 18.2 Å². The van der Waals surface area contributed by atoms with E-state index in [2.05, 4.69) is 19.2 Å². The minimum Gasteiger partial charge on any atom is -0.493 e. The molecule has 1 rings (SSSR count). The van der Waals surface area contributed by atoms with Gasteiger partial charge in [0.15, 0.2) is 11.5 Å². The highest BCUT2D eigenvalue weighted by Gasteiger charge is 2.32. The number of primary amides is 1. The van der Waals surface area contributed by atoms with Crippen LogP contribution in [-0.2, 0) is 20.7 Å². The largest absolute Gasteiger partial charge is 0.493 e. The van der Waals surface area contributed by atoms with Gasteiger partial charge in [0.2, 0.25) is 11.8 Å². The monoisotopic (exact) mass is 551 g/mol. The molecule has 0 aromatic heterocycles. The van der Waals surface area contributed by atoms with Crippen LogP contribution in [0.25, 0.3) is 0 Å². The molecule has 2 amide bonds. The quantitative estimate of drug-likeness (QED) is 0.193. The lowest BCUT2D eigenvalue weighted by molar-refractivity contribution is -0.130. The van der Waals surface area contributed by atoms with Crippen molar-refractivity contribution in [2.24, 2.45) is 40.6 Å². The van der Waals surface area contributed by atoms with E-state index in [1.165, 1.54) is 0 Å². The fourth-order valence-electron chi connectivity index (χ4n) is 4.39. The summed E-state index contributed by atoms with van der Waals surface area (Å²) in [6, 6.07) is 5.47. The maximum atomic E-state index is 12.9. The van der Waals surface area contributed by atoms with E-state index < -0.39 is 29.4 Å². The van der Waals surface area contributed by atoms with Gasteiger partial charge < -0.3 is 36.1 Å². The summed E-state index contributed by atoms with van der Waals surface area (Å²) < 4.78 is 16.5. The van der Waals surface area contributed by atoms with Crippen molar-refractivity contribution in [3.63, 3.8) is 0 Å². The molecule has 0 saturated heterocycles. The van der Waals surface area contributed by atoms with Gasteiger partial charge in [-0.1, -0.05) is 33.8 Å². The molecule has 6 N–H and O–H groups in total. The van der Waals surface area contributed by atoms with Crippen LogP contribution < -0.4 is 26.3 Å². The molecule has 1 aromatic rings. The topological polar surface area (TPSA) is 146 Å². The Hall–Kier alpha value is -2.36. The third kappa shape index (κ3) is 11.7. The van der Waals surface area contributed by atoms with Gasteiger partial charge in [0.1, 0.15) is 0 Å². The number of nitrogens with two attached hydrogens (primary N) is 2. The Morgan fingerprint density at radius 3 is 2.23 bits per heavy atom. The summed E-state index contributed by atoms with van der Waals surface area (Å²) in [6.45, 7) is 12.9. The molecule has 0 aliphatic carbocycles. The van der Waals surface area contributed by atoms with Crippen LogP contribution >= 0.6 is 0 Å². The Kier molecular flexibility index (Phi) is 14.8.